The number of thioether (sulfide) groups is 1. The first-order valence-corrected chi connectivity index (χ1v) is 7.24. The molecule has 1 aromatic heterocycles. The Hall–Kier alpha value is -0.620. The monoisotopic (exact) mass is 256 g/mol. The number of aliphatic hydroxyl groups is 1. The van der Waals surface area contributed by atoms with Crippen molar-refractivity contribution in [3.8, 4) is 0 Å². The molecule has 0 saturated heterocycles. The minimum atomic E-state index is -0.642. The van der Waals surface area contributed by atoms with Crippen molar-refractivity contribution >= 4 is 11.8 Å². The maximum Gasteiger partial charge on any atom is 0.209 e. The van der Waals surface area contributed by atoms with Crippen LogP contribution in [0.25, 0.3) is 0 Å². The van der Waals surface area contributed by atoms with Crippen LogP contribution in [0.1, 0.15) is 52.0 Å². The summed E-state index contributed by atoms with van der Waals surface area (Å²) in [6.07, 6.45) is 5.61. The molecule has 5 nitrogen and oxygen atoms in total. The van der Waals surface area contributed by atoms with Gasteiger partial charge in [0.1, 0.15) is 0 Å². The zero-order valence-electron chi connectivity index (χ0n) is 10.5. The first kappa shape index (κ1) is 12.8. The SMILES string of the molecule is CC[C@@](C)(O)CSc1nnnn1C1CCCC1. The lowest BCUT2D eigenvalue weighted by Crippen LogP contribution is -2.26. The van der Waals surface area contributed by atoms with Crippen molar-refractivity contribution in [3.63, 3.8) is 0 Å². The standard InChI is InChI=1S/C11H20N4OS/c1-3-11(2,16)8-17-10-12-13-14-15(10)9-6-4-5-7-9/h9,16H,3-8H2,1-2H3/t11-/m1/s1. The molecule has 1 aliphatic carbocycles. The maximum atomic E-state index is 9.98. The zero-order valence-corrected chi connectivity index (χ0v) is 11.3. The third kappa shape index (κ3) is 3.19. The maximum absolute atomic E-state index is 9.98. The normalized spacial score (nSPS) is 20.6. The first-order chi connectivity index (χ1) is 8.12. The van der Waals surface area contributed by atoms with Crippen molar-refractivity contribution in [1.29, 1.82) is 0 Å². The van der Waals surface area contributed by atoms with Crippen molar-refractivity contribution in [2.45, 2.75) is 62.8 Å². The minimum Gasteiger partial charge on any atom is -0.389 e. The first-order valence-electron chi connectivity index (χ1n) is 6.25. The summed E-state index contributed by atoms with van der Waals surface area (Å²) in [6, 6.07) is 0.457. The van der Waals surface area contributed by atoms with Crippen LogP contribution in [0.5, 0.6) is 0 Å². The fourth-order valence-corrected chi connectivity index (χ4v) is 3.04. The second kappa shape index (κ2) is 5.35. The predicted octanol–water partition coefficient (Wildman–Crippen LogP) is 2.04. The summed E-state index contributed by atoms with van der Waals surface area (Å²) in [6.45, 7) is 3.84. The largest absolute Gasteiger partial charge is 0.389 e. The lowest BCUT2D eigenvalue weighted by Gasteiger charge is -2.20. The van der Waals surface area contributed by atoms with Crippen LogP contribution in [0.4, 0.5) is 0 Å². The summed E-state index contributed by atoms with van der Waals surface area (Å²) in [5.74, 6) is 0.636. The van der Waals surface area contributed by atoms with E-state index in [0.717, 1.165) is 11.6 Å². The van der Waals surface area contributed by atoms with Gasteiger partial charge in [-0.25, -0.2) is 4.68 Å². The van der Waals surface area contributed by atoms with Gasteiger partial charge >= 0.3 is 0 Å². The van der Waals surface area contributed by atoms with E-state index >= 15 is 0 Å². The number of nitrogens with zero attached hydrogens (tertiary/aromatic N) is 4. The molecule has 1 atom stereocenters. The molecule has 1 heterocycles. The van der Waals surface area contributed by atoms with Gasteiger partial charge in [-0.3, -0.25) is 0 Å². The van der Waals surface area contributed by atoms with Crippen LogP contribution >= 0.6 is 11.8 Å². The number of rotatable bonds is 5. The van der Waals surface area contributed by atoms with Crippen LogP contribution in [0.3, 0.4) is 0 Å². The van der Waals surface area contributed by atoms with Gasteiger partial charge in [-0.2, -0.15) is 0 Å². The van der Waals surface area contributed by atoms with Gasteiger partial charge in [-0.05, 0) is 36.6 Å². The Bertz CT molecular complexity index is 360. The molecule has 1 aliphatic rings. The van der Waals surface area contributed by atoms with Gasteiger partial charge in [0, 0.05) is 5.75 Å². The Morgan fingerprint density at radius 1 is 1.47 bits per heavy atom. The van der Waals surface area contributed by atoms with Crippen LogP contribution in [0.15, 0.2) is 5.16 Å². The summed E-state index contributed by atoms with van der Waals surface area (Å²) in [5.41, 5.74) is -0.642. The molecule has 1 N–H and O–H groups in total. The lowest BCUT2D eigenvalue weighted by molar-refractivity contribution is 0.0815. The number of tetrazole rings is 1. The highest BCUT2D eigenvalue weighted by molar-refractivity contribution is 7.99. The molecule has 0 spiro atoms. The van der Waals surface area contributed by atoms with Crippen molar-refractivity contribution < 1.29 is 5.11 Å². The van der Waals surface area contributed by atoms with Gasteiger partial charge in [0.2, 0.25) is 5.16 Å². The van der Waals surface area contributed by atoms with Crippen molar-refractivity contribution in [2.24, 2.45) is 0 Å². The molecule has 2 rings (SSSR count). The van der Waals surface area contributed by atoms with Crippen LogP contribution in [0, 0.1) is 0 Å². The van der Waals surface area contributed by atoms with Gasteiger partial charge in [0.25, 0.3) is 0 Å². The van der Waals surface area contributed by atoms with Crippen molar-refractivity contribution in [1.82, 2.24) is 20.2 Å². The van der Waals surface area contributed by atoms with E-state index in [1.165, 1.54) is 25.7 Å². The Labute approximate surface area is 106 Å². The van der Waals surface area contributed by atoms with Crippen LogP contribution in [0.2, 0.25) is 0 Å². The lowest BCUT2D eigenvalue weighted by atomic mass is 10.1. The van der Waals surface area contributed by atoms with E-state index in [9.17, 15) is 5.11 Å². The van der Waals surface area contributed by atoms with Crippen LogP contribution in [-0.4, -0.2) is 36.7 Å². The van der Waals surface area contributed by atoms with Crippen LogP contribution < -0.4 is 0 Å². The van der Waals surface area contributed by atoms with Gasteiger partial charge in [-0.15, -0.1) is 5.10 Å². The molecule has 0 bridgehead atoms. The fraction of sp³-hybridized carbons (Fsp3) is 0.909. The summed E-state index contributed by atoms with van der Waals surface area (Å²) in [5, 5.41) is 22.7. The molecule has 17 heavy (non-hydrogen) atoms. The molecular formula is C11H20N4OS. The Morgan fingerprint density at radius 3 is 2.82 bits per heavy atom. The topological polar surface area (TPSA) is 63.8 Å². The van der Waals surface area contributed by atoms with Gasteiger partial charge in [0.05, 0.1) is 11.6 Å². The fourth-order valence-electron chi connectivity index (χ4n) is 1.98. The molecule has 0 aromatic carbocycles. The molecule has 1 saturated carbocycles. The summed E-state index contributed by atoms with van der Waals surface area (Å²) in [4.78, 5) is 0. The molecule has 1 aromatic rings. The molecule has 1 fully saturated rings. The van der Waals surface area contributed by atoms with E-state index in [2.05, 4.69) is 15.5 Å². The van der Waals surface area contributed by atoms with Gasteiger partial charge in [-0.1, -0.05) is 31.5 Å². The van der Waals surface area contributed by atoms with E-state index < -0.39 is 5.60 Å². The van der Waals surface area contributed by atoms with E-state index in [1.54, 1.807) is 11.8 Å². The van der Waals surface area contributed by atoms with Gasteiger partial charge in [0.15, 0.2) is 0 Å². The number of hydrogen-bond acceptors (Lipinski definition) is 5. The van der Waals surface area contributed by atoms with Crippen molar-refractivity contribution in [3.05, 3.63) is 0 Å². The molecule has 6 heteroatoms. The highest BCUT2D eigenvalue weighted by Gasteiger charge is 2.24. The average Bonchev–Trinajstić information content (AvgIpc) is 2.96. The molecule has 96 valence electrons. The van der Waals surface area contributed by atoms with Crippen molar-refractivity contribution in [2.75, 3.05) is 5.75 Å². The quantitative estimate of drug-likeness (QED) is 0.817. The Balaban J connectivity index is 1.99. The second-order valence-electron chi connectivity index (χ2n) is 4.98. The average molecular weight is 256 g/mol. The minimum absolute atomic E-state index is 0.457. The summed E-state index contributed by atoms with van der Waals surface area (Å²) >= 11 is 1.55. The summed E-state index contributed by atoms with van der Waals surface area (Å²) < 4.78 is 1.93. The van der Waals surface area contributed by atoms with E-state index in [0.29, 0.717) is 11.8 Å². The Kier molecular flexibility index (Phi) is 4.04. The third-order valence-electron chi connectivity index (χ3n) is 3.41. The van der Waals surface area contributed by atoms with E-state index in [-0.39, 0.29) is 0 Å². The summed E-state index contributed by atoms with van der Waals surface area (Å²) in [7, 11) is 0. The molecule has 0 unspecified atom stereocenters. The van der Waals surface area contributed by atoms with E-state index in [1.807, 2.05) is 18.5 Å². The third-order valence-corrected chi connectivity index (χ3v) is 4.70. The number of hydrogen-bond donors (Lipinski definition) is 1. The molecule has 0 aliphatic heterocycles. The van der Waals surface area contributed by atoms with E-state index in [4.69, 9.17) is 0 Å². The highest BCUT2D eigenvalue weighted by Crippen LogP contribution is 2.32. The molecule has 0 radical (unpaired) electrons. The second-order valence-corrected chi connectivity index (χ2v) is 5.93. The molecule has 0 amide bonds. The zero-order chi connectivity index (χ0) is 12.3. The van der Waals surface area contributed by atoms with Gasteiger partial charge < -0.3 is 5.11 Å². The van der Waals surface area contributed by atoms with Crippen LogP contribution in [-0.2, 0) is 0 Å². The number of aromatic nitrogens is 4. The Morgan fingerprint density at radius 2 is 2.18 bits per heavy atom. The molecular weight excluding hydrogens is 236 g/mol. The smallest absolute Gasteiger partial charge is 0.209 e. The predicted molar refractivity (Wildman–Crippen MR) is 67.0 cm³/mol. The highest BCUT2D eigenvalue weighted by atomic mass is 32.2.